The average Bonchev–Trinajstić information content (AvgIpc) is 3.04. The third-order valence-electron chi connectivity index (χ3n) is 2.73. The van der Waals surface area contributed by atoms with Crippen LogP contribution in [0.25, 0.3) is 0 Å². The van der Waals surface area contributed by atoms with Crippen LogP contribution in [0.1, 0.15) is 17.0 Å². The number of anilines is 1. The molecular formula is C13H16N2O2S2. The Morgan fingerprint density at radius 2 is 2.26 bits per heavy atom. The number of hydrogen-bond acceptors (Lipinski definition) is 5. The summed E-state index contributed by atoms with van der Waals surface area (Å²) in [6, 6.07) is 4.20. The van der Waals surface area contributed by atoms with Crippen molar-refractivity contribution in [3.63, 3.8) is 0 Å². The standard InChI is InChI=1S/C13H16N2O2S2/c1-15(7-6-11-3-2-8-18-11)13-14-10(9-19-13)4-5-12(16)17/h2-3,8-9H,4-7H2,1H3,(H,16,17). The highest BCUT2D eigenvalue weighted by Crippen LogP contribution is 2.21. The van der Waals surface area contributed by atoms with E-state index in [4.69, 9.17) is 5.11 Å². The third kappa shape index (κ3) is 4.33. The number of carbonyl (C=O) groups is 1. The summed E-state index contributed by atoms with van der Waals surface area (Å²) in [7, 11) is 2.02. The second-order valence-electron chi connectivity index (χ2n) is 4.27. The van der Waals surface area contributed by atoms with Gasteiger partial charge in [0.15, 0.2) is 5.13 Å². The molecule has 4 nitrogen and oxygen atoms in total. The molecule has 0 bridgehead atoms. The van der Waals surface area contributed by atoms with Crippen molar-refractivity contribution in [2.24, 2.45) is 0 Å². The topological polar surface area (TPSA) is 53.4 Å². The predicted molar refractivity (Wildman–Crippen MR) is 79.4 cm³/mol. The molecule has 0 aliphatic heterocycles. The maximum absolute atomic E-state index is 10.5. The van der Waals surface area contributed by atoms with Crippen LogP contribution in [0.2, 0.25) is 0 Å². The van der Waals surface area contributed by atoms with Crippen LogP contribution in [-0.4, -0.2) is 29.7 Å². The van der Waals surface area contributed by atoms with E-state index >= 15 is 0 Å². The number of thiophene rings is 1. The molecule has 0 amide bonds. The van der Waals surface area contributed by atoms with Gasteiger partial charge in [-0.25, -0.2) is 4.98 Å². The first-order valence-corrected chi connectivity index (χ1v) is 7.81. The summed E-state index contributed by atoms with van der Waals surface area (Å²) in [4.78, 5) is 18.5. The zero-order chi connectivity index (χ0) is 13.7. The first-order valence-electron chi connectivity index (χ1n) is 6.05. The molecule has 2 rings (SSSR count). The molecule has 0 aliphatic carbocycles. The van der Waals surface area contributed by atoms with Crippen molar-refractivity contribution in [3.8, 4) is 0 Å². The molecular weight excluding hydrogens is 280 g/mol. The fourth-order valence-corrected chi connectivity index (χ4v) is 3.20. The smallest absolute Gasteiger partial charge is 0.303 e. The summed E-state index contributed by atoms with van der Waals surface area (Å²) in [5.41, 5.74) is 0.866. The first kappa shape index (κ1) is 14.0. The number of thiazole rings is 1. The summed E-state index contributed by atoms with van der Waals surface area (Å²) in [5, 5.41) is 13.6. The lowest BCUT2D eigenvalue weighted by molar-refractivity contribution is -0.136. The predicted octanol–water partition coefficient (Wildman–Crippen LogP) is 2.90. The molecule has 0 spiro atoms. The van der Waals surface area contributed by atoms with E-state index in [9.17, 15) is 4.79 Å². The molecule has 2 heterocycles. The number of nitrogens with zero attached hydrogens (tertiary/aromatic N) is 2. The third-order valence-corrected chi connectivity index (χ3v) is 4.67. The van der Waals surface area contributed by atoms with Gasteiger partial charge in [-0.05, 0) is 17.9 Å². The second-order valence-corrected chi connectivity index (χ2v) is 6.13. The van der Waals surface area contributed by atoms with Crippen molar-refractivity contribution in [2.45, 2.75) is 19.3 Å². The summed E-state index contributed by atoms with van der Waals surface area (Å²) >= 11 is 3.34. The quantitative estimate of drug-likeness (QED) is 0.853. The van der Waals surface area contributed by atoms with E-state index in [1.54, 1.807) is 22.7 Å². The molecule has 6 heteroatoms. The number of aryl methyl sites for hydroxylation is 1. The molecule has 0 aromatic carbocycles. The van der Waals surface area contributed by atoms with Crippen molar-refractivity contribution in [2.75, 3.05) is 18.5 Å². The van der Waals surface area contributed by atoms with Crippen molar-refractivity contribution in [1.29, 1.82) is 0 Å². The maximum Gasteiger partial charge on any atom is 0.303 e. The maximum atomic E-state index is 10.5. The van der Waals surface area contributed by atoms with E-state index in [-0.39, 0.29) is 6.42 Å². The van der Waals surface area contributed by atoms with Crippen LogP contribution in [0.5, 0.6) is 0 Å². The Balaban J connectivity index is 1.85. The molecule has 0 saturated carbocycles. The van der Waals surface area contributed by atoms with Gasteiger partial charge in [-0.3, -0.25) is 4.79 Å². The number of carboxylic acid groups (broad SMARTS) is 1. The Morgan fingerprint density at radius 1 is 1.42 bits per heavy atom. The molecule has 0 unspecified atom stereocenters. The van der Waals surface area contributed by atoms with Crippen molar-refractivity contribution in [1.82, 2.24) is 4.98 Å². The molecule has 2 aromatic heterocycles. The SMILES string of the molecule is CN(CCc1cccs1)c1nc(CCC(=O)O)cs1. The number of aliphatic carboxylic acids is 1. The van der Waals surface area contributed by atoms with Crippen molar-refractivity contribution >= 4 is 33.8 Å². The van der Waals surface area contributed by atoms with Crippen LogP contribution in [0.3, 0.4) is 0 Å². The van der Waals surface area contributed by atoms with E-state index in [2.05, 4.69) is 27.4 Å². The number of carboxylic acids is 1. The van der Waals surface area contributed by atoms with Gasteiger partial charge in [-0.1, -0.05) is 6.07 Å². The number of hydrogen-bond donors (Lipinski definition) is 1. The fourth-order valence-electron chi connectivity index (χ4n) is 1.65. The van der Waals surface area contributed by atoms with E-state index in [0.29, 0.717) is 6.42 Å². The highest BCUT2D eigenvalue weighted by Gasteiger charge is 2.08. The van der Waals surface area contributed by atoms with Gasteiger partial charge in [0.25, 0.3) is 0 Å². The summed E-state index contributed by atoms with van der Waals surface area (Å²) in [5.74, 6) is -0.777. The molecule has 1 N–H and O–H groups in total. The van der Waals surface area contributed by atoms with Crippen LogP contribution in [0.4, 0.5) is 5.13 Å². The van der Waals surface area contributed by atoms with Crippen LogP contribution < -0.4 is 4.90 Å². The van der Waals surface area contributed by atoms with Gasteiger partial charge >= 0.3 is 5.97 Å². The lowest BCUT2D eigenvalue weighted by atomic mass is 10.2. The summed E-state index contributed by atoms with van der Waals surface area (Å²) in [6.45, 7) is 0.923. The Morgan fingerprint density at radius 3 is 2.95 bits per heavy atom. The van der Waals surface area contributed by atoms with Gasteiger partial charge in [0, 0.05) is 30.3 Å². The molecule has 0 atom stereocenters. The Labute approximate surface area is 120 Å². The molecule has 102 valence electrons. The van der Waals surface area contributed by atoms with Crippen LogP contribution >= 0.6 is 22.7 Å². The molecule has 0 radical (unpaired) electrons. The van der Waals surface area contributed by atoms with Gasteiger partial charge in [0.1, 0.15) is 0 Å². The van der Waals surface area contributed by atoms with Crippen LogP contribution in [-0.2, 0) is 17.6 Å². The van der Waals surface area contributed by atoms with E-state index in [0.717, 1.165) is 23.8 Å². The number of aromatic nitrogens is 1. The molecule has 0 fully saturated rings. The van der Waals surface area contributed by atoms with Gasteiger partial charge in [0.2, 0.25) is 0 Å². The number of likely N-dealkylation sites (N-methyl/N-ethyl adjacent to an activating group) is 1. The Hall–Kier alpha value is -1.40. The van der Waals surface area contributed by atoms with Crippen molar-refractivity contribution in [3.05, 3.63) is 33.5 Å². The highest BCUT2D eigenvalue weighted by atomic mass is 32.1. The molecule has 2 aromatic rings. The number of rotatable bonds is 7. The lowest BCUT2D eigenvalue weighted by Crippen LogP contribution is -2.19. The lowest BCUT2D eigenvalue weighted by Gasteiger charge is -2.14. The largest absolute Gasteiger partial charge is 0.481 e. The van der Waals surface area contributed by atoms with Gasteiger partial charge in [0.05, 0.1) is 12.1 Å². The molecule has 0 saturated heterocycles. The zero-order valence-corrected chi connectivity index (χ0v) is 12.3. The van der Waals surface area contributed by atoms with Gasteiger partial charge < -0.3 is 10.0 Å². The summed E-state index contributed by atoms with van der Waals surface area (Å²) < 4.78 is 0. The van der Waals surface area contributed by atoms with E-state index in [1.165, 1.54) is 4.88 Å². The monoisotopic (exact) mass is 296 g/mol. The zero-order valence-electron chi connectivity index (χ0n) is 10.7. The minimum absolute atomic E-state index is 0.141. The van der Waals surface area contributed by atoms with Crippen LogP contribution in [0.15, 0.2) is 22.9 Å². The fraction of sp³-hybridized carbons (Fsp3) is 0.385. The Kier molecular flexibility index (Phi) is 4.93. The van der Waals surface area contributed by atoms with Crippen LogP contribution in [0, 0.1) is 0 Å². The van der Waals surface area contributed by atoms with E-state index in [1.807, 2.05) is 12.4 Å². The van der Waals surface area contributed by atoms with Gasteiger partial charge in [-0.2, -0.15) is 0 Å². The molecule has 0 aliphatic rings. The molecule has 19 heavy (non-hydrogen) atoms. The second kappa shape index (κ2) is 6.68. The minimum Gasteiger partial charge on any atom is -0.481 e. The normalized spacial score (nSPS) is 10.6. The first-order chi connectivity index (χ1) is 9.15. The average molecular weight is 296 g/mol. The van der Waals surface area contributed by atoms with Gasteiger partial charge in [-0.15, -0.1) is 22.7 Å². The Bertz CT molecular complexity index is 522. The highest BCUT2D eigenvalue weighted by molar-refractivity contribution is 7.13. The van der Waals surface area contributed by atoms with Crippen molar-refractivity contribution < 1.29 is 9.90 Å². The minimum atomic E-state index is -0.777. The van der Waals surface area contributed by atoms with E-state index < -0.39 is 5.97 Å². The summed E-state index contributed by atoms with van der Waals surface area (Å²) in [6.07, 6.45) is 1.66.